The fraction of sp³-hybridized carbons (Fsp3) is 0.727. The van der Waals surface area contributed by atoms with Crippen molar-refractivity contribution >= 4 is 0 Å². The molecular formula is C22H34O. The maximum atomic E-state index is 9.97. The summed E-state index contributed by atoms with van der Waals surface area (Å²) in [5.41, 5.74) is 3.44. The SMILES string of the molecule is Cc1cc(O)cc(CC2C(C)CCC3C(C)(C)CCCC23C)c1. The normalized spacial score (nSPS) is 36.5. The van der Waals surface area contributed by atoms with Crippen molar-refractivity contribution in [1.82, 2.24) is 0 Å². The topological polar surface area (TPSA) is 20.2 Å². The van der Waals surface area contributed by atoms with Crippen molar-refractivity contribution in [3.63, 3.8) is 0 Å². The molecule has 2 saturated carbocycles. The van der Waals surface area contributed by atoms with Gasteiger partial charge in [0.1, 0.15) is 5.75 Å². The fourth-order valence-corrected chi connectivity index (χ4v) is 6.26. The first-order chi connectivity index (χ1) is 10.7. The van der Waals surface area contributed by atoms with Crippen LogP contribution in [-0.2, 0) is 6.42 Å². The summed E-state index contributed by atoms with van der Waals surface area (Å²) in [5.74, 6) is 2.80. The molecule has 0 saturated heterocycles. The molecule has 3 rings (SSSR count). The Bertz CT molecular complexity index is 553. The van der Waals surface area contributed by atoms with E-state index in [9.17, 15) is 5.11 Å². The molecule has 4 unspecified atom stereocenters. The third kappa shape index (κ3) is 3.04. The van der Waals surface area contributed by atoms with E-state index in [2.05, 4.69) is 40.7 Å². The zero-order valence-electron chi connectivity index (χ0n) is 15.7. The number of phenolic OH excluding ortho intramolecular Hbond substituents is 1. The van der Waals surface area contributed by atoms with Gasteiger partial charge in [0.25, 0.3) is 0 Å². The van der Waals surface area contributed by atoms with Gasteiger partial charge in [0.05, 0.1) is 0 Å². The quantitative estimate of drug-likeness (QED) is 0.697. The van der Waals surface area contributed by atoms with Crippen molar-refractivity contribution in [2.24, 2.45) is 28.6 Å². The first-order valence-corrected chi connectivity index (χ1v) is 9.52. The maximum absolute atomic E-state index is 9.97. The first kappa shape index (κ1) is 16.9. The molecular weight excluding hydrogens is 280 g/mol. The van der Waals surface area contributed by atoms with Crippen LogP contribution in [0.4, 0.5) is 0 Å². The predicted molar refractivity (Wildman–Crippen MR) is 97.7 cm³/mol. The highest BCUT2D eigenvalue weighted by molar-refractivity contribution is 5.33. The summed E-state index contributed by atoms with van der Waals surface area (Å²) in [5, 5.41) is 9.97. The molecule has 128 valence electrons. The van der Waals surface area contributed by atoms with Crippen LogP contribution in [0.5, 0.6) is 5.75 Å². The lowest BCUT2D eigenvalue weighted by Gasteiger charge is -2.59. The monoisotopic (exact) mass is 314 g/mol. The predicted octanol–water partition coefficient (Wildman–Crippen LogP) is 6.12. The summed E-state index contributed by atoms with van der Waals surface area (Å²) < 4.78 is 0. The second-order valence-electron chi connectivity index (χ2n) is 9.44. The van der Waals surface area contributed by atoms with Crippen LogP contribution in [0.15, 0.2) is 18.2 Å². The summed E-state index contributed by atoms with van der Waals surface area (Å²) in [7, 11) is 0. The highest BCUT2D eigenvalue weighted by Gasteiger charge is 2.53. The summed E-state index contributed by atoms with van der Waals surface area (Å²) in [6, 6.07) is 6.12. The molecule has 0 spiro atoms. The van der Waals surface area contributed by atoms with E-state index in [1.807, 2.05) is 12.1 Å². The minimum absolute atomic E-state index is 0.425. The van der Waals surface area contributed by atoms with Crippen LogP contribution >= 0.6 is 0 Å². The van der Waals surface area contributed by atoms with Crippen LogP contribution in [0.25, 0.3) is 0 Å². The van der Waals surface area contributed by atoms with Crippen molar-refractivity contribution in [2.45, 2.75) is 73.1 Å². The van der Waals surface area contributed by atoms with Gasteiger partial charge in [-0.3, -0.25) is 0 Å². The highest BCUT2D eigenvalue weighted by atomic mass is 16.3. The molecule has 2 aliphatic carbocycles. The standard InChI is InChI=1S/C22H34O/c1-15-11-17(13-18(23)12-15)14-19-16(2)7-8-20-21(3,4)9-6-10-22(19,20)5/h11-13,16,19-20,23H,6-10,14H2,1-5H3. The average molecular weight is 315 g/mol. The van der Waals surface area contributed by atoms with Crippen molar-refractivity contribution in [1.29, 1.82) is 0 Å². The molecule has 0 radical (unpaired) electrons. The van der Waals surface area contributed by atoms with Gasteiger partial charge in [-0.15, -0.1) is 0 Å². The molecule has 2 fully saturated rings. The van der Waals surface area contributed by atoms with E-state index >= 15 is 0 Å². The Morgan fingerprint density at radius 2 is 1.83 bits per heavy atom. The van der Waals surface area contributed by atoms with Gasteiger partial charge < -0.3 is 5.11 Å². The van der Waals surface area contributed by atoms with E-state index in [1.54, 1.807) is 0 Å². The maximum Gasteiger partial charge on any atom is 0.116 e. The minimum Gasteiger partial charge on any atom is -0.508 e. The number of aromatic hydroxyl groups is 1. The van der Waals surface area contributed by atoms with Crippen molar-refractivity contribution in [3.05, 3.63) is 29.3 Å². The van der Waals surface area contributed by atoms with Gasteiger partial charge in [-0.2, -0.15) is 0 Å². The van der Waals surface area contributed by atoms with E-state index in [4.69, 9.17) is 0 Å². The van der Waals surface area contributed by atoms with Crippen LogP contribution < -0.4 is 0 Å². The Morgan fingerprint density at radius 3 is 2.52 bits per heavy atom. The molecule has 0 amide bonds. The Labute approximate surface area is 142 Å². The first-order valence-electron chi connectivity index (χ1n) is 9.52. The summed E-state index contributed by atoms with van der Waals surface area (Å²) >= 11 is 0. The number of rotatable bonds is 2. The van der Waals surface area contributed by atoms with Crippen LogP contribution in [0.3, 0.4) is 0 Å². The molecule has 1 heteroatoms. The molecule has 0 bridgehead atoms. The number of benzene rings is 1. The molecule has 4 atom stereocenters. The second-order valence-corrected chi connectivity index (χ2v) is 9.44. The van der Waals surface area contributed by atoms with E-state index < -0.39 is 0 Å². The van der Waals surface area contributed by atoms with Gasteiger partial charge in [0, 0.05) is 0 Å². The lowest BCUT2D eigenvalue weighted by molar-refractivity contribution is -0.0930. The third-order valence-electron chi connectivity index (χ3n) is 7.30. The Kier molecular flexibility index (Phi) is 4.27. The summed E-state index contributed by atoms with van der Waals surface area (Å²) in [4.78, 5) is 0. The van der Waals surface area contributed by atoms with Gasteiger partial charge in [0.15, 0.2) is 0 Å². The van der Waals surface area contributed by atoms with Crippen LogP contribution in [0.2, 0.25) is 0 Å². The largest absolute Gasteiger partial charge is 0.508 e. The molecule has 23 heavy (non-hydrogen) atoms. The zero-order valence-corrected chi connectivity index (χ0v) is 15.7. The number of fused-ring (bicyclic) bond motifs is 1. The van der Waals surface area contributed by atoms with Gasteiger partial charge in [-0.05, 0) is 84.5 Å². The molecule has 1 nitrogen and oxygen atoms in total. The Morgan fingerprint density at radius 1 is 1.09 bits per heavy atom. The van der Waals surface area contributed by atoms with Crippen LogP contribution in [0, 0.1) is 35.5 Å². The molecule has 0 aliphatic heterocycles. The van der Waals surface area contributed by atoms with Gasteiger partial charge >= 0.3 is 0 Å². The number of phenols is 1. The molecule has 1 aromatic rings. The number of aryl methyl sites for hydroxylation is 1. The van der Waals surface area contributed by atoms with Gasteiger partial charge in [-0.1, -0.05) is 46.6 Å². The molecule has 1 aromatic carbocycles. The molecule has 2 aliphatic rings. The number of hydrogen-bond donors (Lipinski definition) is 1. The van der Waals surface area contributed by atoms with Crippen molar-refractivity contribution < 1.29 is 5.11 Å². The van der Waals surface area contributed by atoms with Gasteiger partial charge in [0.2, 0.25) is 0 Å². The smallest absolute Gasteiger partial charge is 0.116 e. The Balaban J connectivity index is 1.92. The van der Waals surface area contributed by atoms with Crippen molar-refractivity contribution in [2.75, 3.05) is 0 Å². The highest BCUT2D eigenvalue weighted by Crippen LogP contribution is 2.61. The fourth-order valence-electron chi connectivity index (χ4n) is 6.26. The number of hydrogen-bond acceptors (Lipinski definition) is 1. The lowest BCUT2D eigenvalue weighted by Crippen LogP contribution is -2.51. The van der Waals surface area contributed by atoms with E-state index in [1.165, 1.54) is 43.2 Å². The molecule has 0 aromatic heterocycles. The van der Waals surface area contributed by atoms with Crippen LogP contribution in [0.1, 0.15) is 70.9 Å². The molecule has 0 heterocycles. The molecule has 1 N–H and O–H groups in total. The summed E-state index contributed by atoms with van der Waals surface area (Å²) in [6.45, 7) is 12.1. The van der Waals surface area contributed by atoms with Crippen molar-refractivity contribution in [3.8, 4) is 5.75 Å². The van der Waals surface area contributed by atoms with E-state index in [0.717, 1.165) is 24.2 Å². The van der Waals surface area contributed by atoms with Crippen LogP contribution in [-0.4, -0.2) is 5.11 Å². The second kappa shape index (κ2) is 5.83. The third-order valence-corrected chi connectivity index (χ3v) is 7.30. The van der Waals surface area contributed by atoms with E-state index in [-0.39, 0.29) is 0 Å². The lowest BCUT2D eigenvalue weighted by atomic mass is 9.46. The Hall–Kier alpha value is -0.980. The zero-order chi connectivity index (χ0) is 16.8. The van der Waals surface area contributed by atoms with E-state index in [0.29, 0.717) is 16.6 Å². The summed E-state index contributed by atoms with van der Waals surface area (Å²) in [6.07, 6.45) is 8.04. The average Bonchev–Trinajstić information content (AvgIpc) is 2.41. The van der Waals surface area contributed by atoms with Gasteiger partial charge in [-0.25, -0.2) is 0 Å². The minimum atomic E-state index is 0.425.